The second-order valence-electron chi connectivity index (χ2n) is 3.68. The minimum Gasteiger partial charge on any atom is -0.481 e. The number of aliphatic hydroxyl groups excluding tert-OH is 1. The summed E-state index contributed by atoms with van der Waals surface area (Å²) < 4.78 is 6.97. The molecule has 1 rings (SSSR count). The van der Waals surface area contributed by atoms with Crippen LogP contribution in [0.4, 0.5) is 0 Å². The van der Waals surface area contributed by atoms with Crippen molar-refractivity contribution in [2.45, 2.75) is 26.5 Å². The van der Waals surface area contributed by atoms with Gasteiger partial charge in [0.05, 0.1) is 24.5 Å². The maximum Gasteiger partial charge on any atom is 0.216 e. The summed E-state index contributed by atoms with van der Waals surface area (Å²) in [5.41, 5.74) is 1.99. The molecule has 0 aliphatic rings. The van der Waals surface area contributed by atoms with Gasteiger partial charge in [-0.1, -0.05) is 0 Å². The van der Waals surface area contributed by atoms with Gasteiger partial charge < -0.3 is 15.2 Å². The van der Waals surface area contributed by atoms with E-state index < -0.39 is 0 Å². The van der Waals surface area contributed by atoms with Crippen LogP contribution in [0.2, 0.25) is 0 Å². The Labute approximate surface area is 90.1 Å². The molecule has 0 fully saturated rings. The average Bonchev–Trinajstić information content (AvgIpc) is 2.41. The van der Waals surface area contributed by atoms with E-state index in [1.807, 2.05) is 14.0 Å². The molecule has 5 heteroatoms. The molecule has 1 heterocycles. The lowest BCUT2D eigenvalue weighted by atomic mass is 10.2. The van der Waals surface area contributed by atoms with Crippen LogP contribution in [0.5, 0.6) is 5.88 Å². The van der Waals surface area contributed by atoms with E-state index in [1.54, 1.807) is 18.7 Å². The number of rotatable bonds is 5. The molecule has 1 aromatic rings. The van der Waals surface area contributed by atoms with Gasteiger partial charge in [-0.15, -0.1) is 0 Å². The molecule has 15 heavy (non-hydrogen) atoms. The molecule has 0 saturated carbocycles. The third-order valence-corrected chi connectivity index (χ3v) is 2.22. The maximum atomic E-state index is 9.12. The number of ether oxygens (including phenoxy) is 1. The van der Waals surface area contributed by atoms with E-state index in [4.69, 9.17) is 9.84 Å². The number of aryl methyl sites for hydroxylation is 2. The number of aromatic nitrogens is 2. The van der Waals surface area contributed by atoms with Gasteiger partial charge in [-0.05, 0) is 13.8 Å². The summed E-state index contributed by atoms with van der Waals surface area (Å²) >= 11 is 0. The monoisotopic (exact) mass is 213 g/mol. The van der Waals surface area contributed by atoms with Crippen LogP contribution in [-0.2, 0) is 13.6 Å². The Bertz CT molecular complexity index is 321. The Hall–Kier alpha value is -1.07. The molecule has 0 saturated heterocycles. The van der Waals surface area contributed by atoms with Crippen LogP contribution in [0.3, 0.4) is 0 Å². The van der Waals surface area contributed by atoms with Gasteiger partial charge in [-0.25, -0.2) is 4.68 Å². The van der Waals surface area contributed by atoms with Crippen molar-refractivity contribution in [3.63, 3.8) is 0 Å². The van der Waals surface area contributed by atoms with E-state index in [0.29, 0.717) is 13.1 Å². The number of aliphatic hydroxyl groups is 1. The molecule has 0 radical (unpaired) electrons. The summed E-state index contributed by atoms with van der Waals surface area (Å²) in [5, 5.41) is 16.5. The number of hydrogen-bond donors (Lipinski definition) is 2. The Kier molecular flexibility index (Phi) is 4.11. The van der Waals surface area contributed by atoms with E-state index in [9.17, 15) is 0 Å². The Morgan fingerprint density at radius 3 is 2.80 bits per heavy atom. The minimum absolute atomic E-state index is 0.340. The number of methoxy groups -OCH3 is 1. The normalized spacial score (nSPS) is 12.9. The summed E-state index contributed by atoms with van der Waals surface area (Å²) in [5.74, 6) is 0.769. The average molecular weight is 213 g/mol. The van der Waals surface area contributed by atoms with Crippen LogP contribution >= 0.6 is 0 Å². The predicted molar refractivity (Wildman–Crippen MR) is 57.9 cm³/mol. The largest absolute Gasteiger partial charge is 0.481 e. The number of nitrogens with one attached hydrogen (secondary N) is 1. The fourth-order valence-corrected chi connectivity index (χ4v) is 1.55. The molecular weight excluding hydrogens is 194 g/mol. The summed E-state index contributed by atoms with van der Waals surface area (Å²) in [6, 6.07) is 0. The smallest absolute Gasteiger partial charge is 0.216 e. The van der Waals surface area contributed by atoms with E-state index >= 15 is 0 Å². The molecule has 0 bridgehead atoms. The van der Waals surface area contributed by atoms with E-state index in [1.165, 1.54) is 0 Å². The number of hydrogen-bond acceptors (Lipinski definition) is 4. The summed E-state index contributed by atoms with van der Waals surface area (Å²) in [4.78, 5) is 0. The molecule has 0 aliphatic heterocycles. The van der Waals surface area contributed by atoms with Gasteiger partial charge in [0.2, 0.25) is 5.88 Å². The molecule has 5 nitrogen and oxygen atoms in total. The molecule has 0 spiro atoms. The van der Waals surface area contributed by atoms with E-state index in [0.717, 1.165) is 17.1 Å². The molecule has 0 aromatic carbocycles. The van der Waals surface area contributed by atoms with Gasteiger partial charge in [0.15, 0.2) is 0 Å². The first-order valence-corrected chi connectivity index (χ1v) is 5.01. The number of nitrogens with zero attached hydrogens (tertiary/aromatic N) is 2. The predicted octanol–water partition coefficient (Wildman–Crippen LogP) is 0.208. The second kappa shape index (κ2) is 5.14. The molecule has 86 valence electrons. The topological polar surface area (TPSA) is 59.3 Å². The van der Waals surface area contributed by atoms with Crippen LogP contribution in [0, 0.1) is 6.92 Å². The molecular formula is C10H19N3O2. The molecule has 0 aliphatic carbocycles. The van der Waals surface area contributed by atoms with Gasteiger partial charge in [0, 0.05) is 20.1 Å². The van der Waals surface area contributed by atoms with Gasteiger partial charge in [-0.2, -0.15) is 5.10 Å². The van der Waals surface area contributed by atoms with Gasteiger partial charge in [0.1, 0.15) is 0 Å². The zero-order valence-corrected chi connectivity index (χ0v) is 9.74. The van der Waals surface area contributed by atoms with Crippen molar-refractivity contribution in [1.29, 1.82) is 0 Å². The highest BCUT2D eigenvalue weighted by atomic mass is 16.5. The SMILES string of the molecule is COc1c(CNC[C@@H](C)O)c(C)nn1C. The van der Waals surface area contributed by atoms with Crippen molar-refractivity contribution in [2.24, 2.45) is 7.05 Å². The molecule has 1 atom stereocenters. The van der Waals surface area contributed by atoms with Crippen LogP contribution in [-0.4, -0.2) is 34.6 Å². The fraction of sp³-hybridized carbons (Fsp3) is 0.700. The minimum atomic E-state index is -0.340. The van der Waals surface area contributed by atoms with Crippen LogP contribution in [0.25, 0.3) is 0 Å². The lowest BCUT2D eigenvalue weighted by molar-refractivity contribution is 0.190. The van der Waals surface area contributed by atoms with Crippen molar-refractivity contribution in [3.05, 3.63) is 11.3 Å². The first-order chi connectivity index (χ1) is 7.06. The highest BCUT2D eigenvalue weighted by molar-refractivity contribution is 5.30. The summed E-state index contributed by atoms with van der Waals surface area (Å²) in [6.07, 6.45) is -0.340. The third-order valence-electron chi connectivity index (χ3n) is 2.22. The second-order valence-corrected chi connectivity index (χ2v) is 3.68. The van der Waals surface area contributed by atoms with Gasteiger partial charge in [0.25, 0.3) is 0 Å². The first kappa shape index (κ1) is 12.0. The van der Waals surface area contributed by atoms with E-state index in [-0.39, 0.29) is 6.10 Å². The van der Waals surface area contributed by atoms with Crippen molar-refractivity contribution in [3.8, 4) is 5.88 Å². The lowest BCUT2D eigenvalue weighted by Gasteiger charge is -2.08. The zero-order valence-electron chi connectivity index (χ0n) is 9.74. The first-order valence-electron chi connectivity index (χ1n) is 5.01. The highest BCUT2D eigenvalue weighted by Crippen LogP contribution is 2.20. The highest BCUT2D eigenvalue weighted by Gasteiger charge is 2.12. The molecule has 2 N–H and O–H groups in total. The molecule has 0 amide bonds. The Morgan fingerprint density at radius 1 is 1.60 bits per heavy atom. The van der Waals surface area contributed by atoms with E-state index in [2.05, 4.69) is 10.4 Å². The van der Waals surface area contributed by atoms with Crippen LogP contribution in [0.15, 0.2) is 0 Å². The molecule has 0 unspecified atom stereocenters. The lowest BCUT2D eigenvalue weighted by Crippen LogP contribution is -2.24. The van der Waals surface area contributed by atoms with Crippen molar-refractivity contribution in [1.82, 2.24) is 15.1 Å². The standard InChI is InChI=1S/C10H19N3O2/c1-7(14)5-11-6-9-8(2)12-13(3)10(9)15-4/h7,11,14H,5-6H2,1-4H3/t7-/m1/s1. The molecule has 1 aromatic heterocycles. The van der Waals surface area contributed by atoms with Crippen molar-refractivity contribution in [2.75, 3.05) is 13.7 Å². The third kappa shape index (κ3) is 2.94. The van der Waals surface area contributed by atoms with Gasteiger partial charge in [-0.3, -0.25) is 0 Å². The van der Waals surface area contributed by atoms with Crippen LogP contribution < -0.4 is 10.1 Å². The maximum absolute atomic E-state index is 9.12. The quantitative estimate of drug-likeness (QED) is 0.734. The van der Waals surface area contributed by atoms with Crippen LogP contribution in [0.1, 0.15) is 18.2 Å². The fourth-order valence-electron chi connectivity index (χ4n) is 1.55. The van der Waals surface area contributed by atoms with Crippen molar-refractivity contribution >= 4 is 0 Å². The summed E-state index contributed by atoms with van der Waals surface area (Å²) in [7, 11) is 3.48. The zero-order chi connectivity index (χ0) is 11.4. The summed E-state index contributed by atoms with van der Waals surface area (Å²) in [6.45, 7) is 4.92. The Balaban J connectivity index is 2.67. The Morgan fingerprint density at radius 2 is 2.27 bits per heavy atom. The van der Waals surface area contributed by atoms with Gasteiger partial charge >= 0.3 is 0 Å². The van der Waals surface area contributed by atoms with Crippen molar-refractivity contribution < 1.29 is 9.84 Å².